The van der Waals surface area contributed by atoms with E-state index in [9.17, 15) is 9.59 Å². The van der Waals surface area contributed by atoms with Crippen molar-refractivity contribution in [3.8, 4) is 0 Å². The Morgan fingerprint density at radius 1 is 1.36 bits per heavy atom. The molecule has 0 saturated carbocycles. The van der Waals surface area contributed by atoms with E-state index in [2.05, 4.69) is 9.97 Å². The Labute approximate surface area is 152 Å². The van der Waals surface area contributed by atoms with E-state index < -0.39 is 0 Å². The molecule has 1 aromatic heterocycles. The quantitative estimate of drug-likeness (QED) is 0.912. The normalized spacial score (nSPS) is 17.1. The van der Waals surface area contributed by atoms with Crippen molar-refractivity contribution >= 4 is 17.5 Å². The fourth-order valence-electron chi connectivity index (χ4n) is 3.56. The van der Waals surface area contributed by atoms with Gasteiger partial charge in [0, 0.05) is 41.8 Å². The first-order chi connectivity index (χ1) is 12.0. The summed E-state index contributed by atoms with van der Waals surface area (Å²) in [5, 5.41) is 0.771. The number of halogens is 1. The number of nitrogens with one attached hydrogen (secondary N) is 1. The monoisotopic (exact) mass is 359 g/mol. The van der Waals surface area contributed by atoms with E-state index in [1.807, 2.05) is 43.0 Å². The zero-order valence-electron chi connectivity index (χ0n) is 14.5. The van der Waals surface area contributed by atoms with E-state index >= 15 is 0 Å². The second kappa shape index (κ2) is 7.40. The molecule has 25 heavy (non-hydrogen) atoms. The smallest absolute Gasteiger partial charge is 0.342 e. The van der Waals surface area contributed by atoms with Crippen LogP contribution >= 0.6 is 11.6 Å². The highest BCUT2D eigenvalue weighted by molar-refractivity contribution is 6.31. The molecular weight excluding hydrogens is 338 g/mol. The summed E-state index contributed by atoms with van der Waals surface area (Å²) in [6.07, 6.45) is 1.95. The van der Waals surface area contributed by atoms with Gasteiger partial charge in [0.2, 0.25) is 5.91 Å². The van der Waals surface area contributed by atoms with Gasteiger partial charge in [0.1, 0.15) is 0 Å². The first-order valence-electron chi connectivity index (χ1n) is 8.54. The maximum absolute atomic E-state index is 12.6. The average molecular weight is 360 g/mol. The number of hydrogen-bond donors (Lipinski definition) is 1. The Morgan fingerprint density at radius 2 is 2.12 bits per heavy atom. The summed E-state index contributed by atoms with van der Waals surface area (Å²) >= 11 is 6.28. The Bertz CT molecular complexity index is 821. The molecule has 2 aromatic rings. The highest BCUT2D eigenvalue weighted by Crippen LogP contribution is 2.32. The molecule has 0 aliphatic carbocycles. The summed E-state index contributed by atoms with van der Waals surface area (Å²) in [7, 11) is 0. The van der Waals surface area contributed by atoms with Crippen molar-refractivity contribution in [2.45, 2.75) is 39.0 Å². The SMILES string of the molecule is Cc1nc(=O)[nH]c(C)c1CCC(=O)N1CC[C@@H](c2ccccc2Cl)C1. The number of aromatic amines is 1. The molecule has 0 unspecified atom stereocenters. The third-order valence-electron chi connectivity index (χ3n) is 4.93. The third-order valence-corrected chi connectivity index (χ3v) is 5.27. The molecule has 1 fully saturated rings. The molecular formula is C19H22ClN3O2. The number of carbonyl (C=O) groups excluding carboxylic acids is 1. The minimum atomic E-state index is -0.341. The molecule has 132 valence electrons. The van der Waals surface area contributed by atoms with Crippen LogP contribution in [0.2, 0.25) is 5.02 Å². The molecule has 0 bridgehead atoms. The van der Waals surface area contributed by atoms with Crippen LogP contribution in [-0.4, -0.2) is 33.9 Å². The van der Waals surface area contributed by atoms with Gasteiger partial charge < -0.3 is 9.88 Å². The Hall–Kier alpha value is -2.14. The molecule has 5 nitrogen and oxygen atoms in total. The van der Waals surface area contributed by atoms with Gasteiger partial charge in [0.05, 0.1) is 0 Å². The molecule has 2 heterocycles. The average Bonchev–Trinajstić information content (AvgIpc) is 3.04. The molecule has 1 amide bonds. The number of carbonyl (C=O) groups is 1. The minimum absolute atomic E-state index is 0.138. The zero-order valence-corrected chi connectivity index (χ0v) is 15.3. The largest absolute Gasteiger partial charge is 0.345 e. The predicted octanol–water partition coefficient (Wildman–Crippen LogP) is 2.99. The second-order valence-electron chi connectivity index (χ2n) is 6.58. The number of hydrogen-bond acceptors (Lipinski definition) is 3. The lowest BCUT2D eigenvalue weighted by Crippen LogP contribution is -2.29. The van der Waals surface area contributed by atoms with E-state index in [4.69, 9.17) is 11.6 Å². The van der Waals surface area contributed by atoms with Crippen LogP contribution < -0.4 is 5.69 Å². The van der Waals surface area contributed by atoms with Gasteiger partial charge in [-0.15, -0.1) is 0 Å². The first-order valence-corrected chi connectivity index (χ1v) is 8.92. The van der Waals surface area contributed by atoms with E-state index in [0.717, 1.165) is 34.8 Å². The van der Waals surface area contributed by atoms with Crippen molar-refractivity contribution in [2.24, 2.45) is 0 Å². The van der Waals surface area contributed by atoms with Gasteiger partial charge in [-0.05, 0) is 43.9 Å². The van der Waals surface area contributed by atoms with Gasteiger partial charge in [-0.1, -0.05) is 29.8 Å². The minimum Gasteiger partial charge on any atom is -0.342 e. The number of aryl methyl sites for hydroxylation is 2. The van der Waals surface area contributed by atoms with Crippen LogP contribution in [0, 0.1) is 13.8 Å². The van der Waals surface area contributed by atoms with Gasteiger partial charge in [-0.2, -0.15) is 4.98 Å². The summed E-state index contributed by atoms with van der Waals surface area (Å²) in [5.41, 5.74) is 3.23. The molecule has 1 aliphatic heterocycles. The molecule has 6 heteroatoms. The van der Waals surface area contributed by atoms with Crippen LogP contribution in [0.15, 0.2) is 29.1 Å². The van der Waals surface area contributed by atoms with Crippen molar-refractivity contribution in [1.29, 1.82) is 0 Å². The van der Waals surface area contributed by atoms with E-state index in [1.165, 1.54) is 0 Å². The molecule has 0 spiro atoms. The lowest BCUT2D eigenvalue weighted by molar-refractivity contribution is -0.130. The number of rotatable bonds is 4. The highest BCUT2D eigenvalue weighted by Gasteiger charge is 2.28. The number of likely N-dealkylation sites (tertiary alicyclic amines) is 1. The van der Waals surface area contributed by atoms with Crippen molar-refractivity contribution in [3.63, 3.8) is 0 Å². The van der Waals surface area contributed by atoms with Crippen molar-refractivity contribution < 1.29 is 4.79 Å². The highest BCUT2D eigenvalue weighted by atomic mass is 35.5. The van der Waals surface area contributed by atoms with E-state index in [0.29, 0.717) is 31.0 Å². The number of aromatic nitrogens is 2. The molecule has 1 N–H and O–H groups in total. The Kier molecular flexibility index (Phi) is 5.23. The van der Waals surface area contributed by atoms with Gasteiger partial charge >= 0.3 is 5.69 Å². The van der Waals surface area contributed by atoms with Gasteiger partial charge in [-0.25, -0.2) is 4.79 Å². The van der Waals surface area contributed by atoms with Crippen LogP contribution in [-0.2, 0) is 11.2 Å². The van der Waals surface area contributed by atoms with Gasteiger partial charge in [0.15, 0.2) is 0 Å². The summed E-state index contributed by atoms with van der Waals surface area (Å²) in [5.74, 6) is 0.440. The van der Waals surface area contributed by atoms with E-state index in [-0.39, 0.29) is 11.6 Å². The molecule has 3 rings (SSSR count). The summed E-state index contributed by atoms with van der Waals surface area (Å²) in [6, 6.07) is 7.85. The Balaban J connectivity index is 1.62. The second-order valence-corrected chi connectivity index (χ2v) is 6.98. The van der Waals surface area contributed by atoms with Crippen LogP contribution in [0.25, 0.3) is 0 Å². The van der Waals surface area contributed by atoms with Crippen LogP contribution in [0.4, 0.5) is 0 Å². The summed E-state index contributed by atoms with van der Waals surface area (Å²) in [6.45, 7) is 5.13. The van der Waals surface area contributed by atoms with Gasteiger partial charge in [0.25, 0.3) is 0 Å². The molecule has 1 aliphatic rings. The maximum Gasteiger partial charge on any atom is 0.345 e. The van der Waals surface area contributed by atoms with Crippen molar-refractivity contribution in [1.82, 2.24) is 14.9 Å². The number of amides is 1. The lowest BCUT2D eigenvalue weighted by atomic mass is 9.98. The van der Waals surface area contributed by atoms with Crippen LogP contribution in [0.5, 0.6) is 0 Å². The maximum atomic E-state index is 12.6. The Morgan fingerprint density at radius 3 is 2.84 bits per heavy atom. The summed E-state index contributed by atoms with van der Waals surface area (Å²) < 4.78 is 0. The van der Waals surface area contributed by atoms with Crippen LogP contribution in [0.3, 0.4) is 0 Å². The van der Waals surface area contributed by atoms with Crippen molar-refractivity contribution in [2.75, 3.05) is 13.1 Å². The number of H-pyrrole nitrogens is 1. The third kappa shape index (κ3) is 3.93. The van der Waals surface area contributed by atoms with Crippen LogP contribution in [0.1, 0.15) is 41.3 Å². The van der Waals surface area contributed by atoms with E-state index in [1.54, 1.807) is 0 Å². The molecule has 1 saturated heterocycles. The molecule has 1 atom stereocenters. The van der Waals surface area contributed by atoms with Gasteiger partial charge in [-0.3, -0.25) is 4.79 Å². The summed E-state index contributed by atoms with van der Waals surface area (Å²) in [4.78, 5) is 32.5. The standard InChI is InChI=1S/C19H22ClN3O2/c1-12-15(13(2)22-19(25)21-12)7-8-18(24)23-10-9-14(11-23)16-5-3-4-6-17(16)20/h3-6,14H,7-11H2,1-2H3,(H,21,22,25)/t14-/m1/s1. The number of benzene rings is 1. The number of nitrogens with zero attached hydrogens (tertiary/aromatic N) is 2. The zero-order chi connectivity index (χ0) is 18.0. The fraction of sp³-hybridized carbons (Fsp3) is 0.421. The molecule has 1 aromatic carbocycles. The fourth-order valence-corrected chi connectivity index (χ4v) is 3.85. The predicted molar refractivity (Wildman–Crippen MR) is 98.0 cm³/mol. The first kappa shape index (κ1) is 17.7. The molecule has 0 radical (unpaired) electrons. The topological polar surface area (TPSA) is 66.1 Å². The van der Waals surface area contributed by atoms with Crippen molar-refractivity contribution in [3.05, 3.63) is 62.3 Å². The lowest BCUT2D eigenvalue weighted by Gasteiger charge is -2.18.